The number of hydrogen-bond acceptors (Lipinski definition) is 4. The van der Waals surface area contributed by atoms with Crippen LogP contribution in [0.2, 0.25) is 0 Å². The summed E-state index contributed by atoms with van der Waals surface area (Å²) < 4.78 is 10.7. The van der Waals surface area contributed by atoms with Crippen LogP contribution < -0.4 is 10.1 Å². The van der Waals surface area contributed by atoms with Crippen molar-refractivity contribution in [3.8, 4) is 5.75 Å². The van der Waals surface area contributed by atoms with Crippen LogP contribution in [-0.2, 0) is 4.74 Å². The summed E-state index contributed by atoms with van der Waals surface area (Å²) in [6.07, 6.45) is 1.89. The summed E-state index contributed by atoms with van der Waals surface area (Å²) in [5, 5.41) is 3.26. The molecule has 0 aromatic carbocycles. The van der Waals surface area contributed by atoms with Gasteiger partial charge in [-0.15, -0.1) is 0 Å². The number of rotatable bonds is 7. The highest BCUT2D eigenvalue weighted by Crippen LogP contribution is 2.14. The molecule has 1 aromatic heterocycles. The molecule has 1 atom stereocenters. The Morgan fingerprint density at radius 2 is 2.31 bits per heavy atom. The highest BCUT2D eigenvalue weighted by Gasteiger charge is 2.05. The van der Waals surface area contributed by atoms with Crippen molar-refractivity contribution in [2.75, 3.05) is 26.8 Å². The number of methoxy groups -OCH3 is 1. The summed E-state index contributed by atoms with van der Waals surface area (Å²) in [6.45, 7) is 6.35. The van der Waals surface area contributed by atoms with Gasteiger partial charge in [-0.25, -0.2) is 0 Å². The van der Waals surface area contributed by atoms with Crippen LogP contribution in [0.4, 0.5) is 0 Å². The smallest absolute Gasteiger partial charge is 0.140 e. The first kappa shape index (κ1) is 12.9. The predicted octanol–water partition coefficient (Wildman–Crippen LogP) is 1.39. The van der Waals surface area contributed by atoms with Crippen LogP contribution in [0.25, 0.3) is 0 Å². The molecule has 0 saturated carbocycles. The van der Waals surface area contributed by atoms with Gasteiger partial charge in [0.15, 0.2) is 0 Å². The molecule has 0 aliphatic carbocycles. The third kappa shape index (κ3) is 4.59. The normalized spacial score (nSPS) is 12.4. The minimum Gasteiger partial charge on any atom is -0.487 e. The highest BCUT2D eigenvalue weighted by molar-refractivity contribution is 5.25. The van der Waals surface area contributed by atoms with Crippen molar-refractivity contribution in [3.63, 3.8) is 0 Å². The largest absolute Gasteiger partial charge is 0.487 e. The van der Waals surface area contributed by atoms with Crippen molar-refractivity contribution in [2.45, 2.75) is 20.0 Å². The average Bonchev–Trinajstić information content (AvgIpc) is 2.28. The van der Waals surface area contributed by atoms with E-state index in [2.05, 4.69) is 10.3 Å². The van der Waals surface area contributed by atoms with Gasteiger partial charge in [0.05, 0.1) is 12.3 Å². The lowest BCUT2D eigenvalue weighted by Crippen LogP contribution is -2.31. The number of nitrogens with one attached hydrogen (secondary N) is 1. The van der Waals surface area contributed by atoms with Gasteiger partial charge in [-0.3, -0.25) is 4.98 Å². The summed E-state index contributed by atoms with van der Waals surface area (Å²) in [6, 6.07) is 3.82. The van der Waals surface area contributed by atoms with Crippen LogP contribution in [0, 0.1) is 6.92 Å². The number of pyridine rings is 1. The van der Waals surface area contributed by atoms with Gasteiger partial charge in [-0.1, -0.05) is 0 Å². The maximum Gasteiger partial charge on any atom is 0.140 e. The summed E-state index contributed by atoms with van der Waals surface area (Å²) in [5.41, 5.74) is 0.922. The Labute approximate surface area is 97.0 Å². The van der Waals surface area contributed by atoms with Gasteiger partial charge in [0.2, 0.25) is 0 Å². The molecular weight excluding hydrogens is 204 g/mol. The molecule has 0 aliphatic heterocycles. The SMILES string of the molecule is COCCNCC(C)Oc1cccnc1C. The van der Waals surface area contributed by atoms with Crippen LogP contribution in [0.3, 0.4) is 0 Å². The van der Waals surface area contributed by atoms with E-state index in [0.717, 1.165) is 31.1 Å². The average molecular weight is 224 g/mol. The highest BCUT2D eigenvalue weighted by atomic mass is 16.5. The van der Waals surface area contributed by atoms with E-state index in [9.17, 15) is 0 Å². The van der Waals surface area contributed by atoms with Crippen LogP contribution in [0.5, 0.6) is 5.75 Å². The number of hydrogen-bond donors (Lipinski definition) is 1. The van der Waals surface area contributed by atoms with Crippen molar-refractivity contribution in [1.29, 1.82) is 0 Å². The summed E-state index contributed by atoms with van der Waals surface area (Å²) in [7, 11) is 1.70. The van der Waals surface area contributed by atoms with Crippen LogP contribution in [0.1, 0.15) is 12.6 Å². The van der Waals surface area contributed by atoms with Crippen LogP contribution in [0.15, 0.2) is 18.3 Å². The molecule has 0 amide bonds. The number of ether oxygens (including phenoxy) is 2. The fraction of sp³-hybridized carbons (Fsp3) is 0.583. The molecule has 0 bridgehead atoms. The zero-order valence-corrected chi connectivity index (χ0v) is 10.2. The van der Waals surface area contributed by atoms with E-state index in [0.29, 0.717) is 0 Å². The lowest BCUT2D eigenvalue weighted by molar-refractivity contribution is 0.183. The number of aryl methyl sites for hydroxylation is 1. The molecule has 0 aliphatic rings. The first-order valence-corrected chi connectivity index (χ1v) is 5.52. The Hall–Kier alpha value is -1.13. The minimum atomic E-state index is 0.125. The molecule has 16 heavy (non-hydrogen) atoms. The molecule has 1 aromatic rings. The van der Waals surface area contributed by atoms with Crippen LogP contribution in [-0.4, -0.2) is 37.9 Å². The van der Waals surface area contributed by atoms with E-state index in [4.69, 9.17) is 9.47 Å². The molecule has 1 heterocycles. The molecule has 0 radical (unpaired) electrons. The maximum absolute atomic E-state index is 5.76. The van der Waals surface area contributed by atoms with Gasteiger partial charge in [0.25, 0.3) is 0 Å². The second kappa shape index (κ2) is 7.19. The third-order valence-electron chi connectivity index (χ3n) is 2.20. The van der Waals surface area contributed by atoms with Gasteiger partial charge >= 0.3 is 0 Å². The summed E-state index contributed by atoms with van der Waals surface area (Å²) in [4.78, 5) is 4.18. The standard InChI is InChI=1S/C12H20N2O2/c1-10(9-13-7-8-15-3)16-12-5-4-6-14-11(12)2/h4-6,10,13H,7-9H2,1-3H3. The van der Waals surface area contributed by atoms with Crippen molar-refractivity contribution in [1.82, 2.24) is 10.3 Å². The number of aromatic nitrogens is 1. The molecular formula is C12H20N2O2. The Kier molecular flexibility index (Phi) is 5.82. The van der Waals surface area contributed by atoms with Gasteiger partial charge < -0.3 is 14.8 Å². The third-order valence-corrected chi connectivity index (χ3v) is 2.20. The first-order chi connectivity index (χ1) is 7.74. The molecule has 1 N–H and O–H groups in total. The number of nitrogens with zero attached hydrogens (tertiary/aromatic N) is 1. The van der Waals surface area contributed by atoms with E-state index < -0.39 is 0 Å². The maximum atomic E-state index is 5.76. The van der Waals surface area contributed by atoms with E-state index >= 15 is 0 Å². The summed E-state index contributed by atoms with van der Waals surface area (Å²) in [5.74, 6) is 0.851. The second-order valence-electron chi connectivity index (χ2n) is 3.71. The molecule has 1 unspecified atom stereocenters. The Balaban J connectivity index is 2.28. The zero-order valence-electron chi connectivity index (χ0n) is 10.2. The van der Waals surface area contributed by atoms with Gasteiger partial charge in [0, 0.05) is 26.4 Å². The van der Waals surface area contributed by atoms with Gasteiger partial charge in [-0.2, -0.15) is 0 Å². The van der Waals surface area contributed by atoms with E-state index in [-0.39, 0.29) is 6.10 Å². The second-order valence-corrected chi connectivity index (χ2v) is 3.71. The van der Waals surface area contributed by atoms with E-state index in [1.54, 1.807) is 13.3 Å². The van der Waals surface area contributed by atoms with Gasteiger partial charge in [-0.05, 0) is 26.0 Å². The van der Waals surface area contributed by atoms with Crippen molar-refractivity contribution in [3.05, 3.63) is 24.0 Å². The molecule has 1 rings (SSSR count). The Morgan fingerprint density at radius 3 is 3.00 bits per heavy atom. The molecule has 0 spiro atoms. The minimum absolute atomic E-state index is 0.125. The first-order valence-electron chi connectivity index (χ1n) is 5.52. The van der Waals surface area contributed by atoms with Crippen molar-refractivity contribution < 1.29 is 9.47 Å². The lowest BCUT2D eigenvalue weighted by Gasteiger charge is -2.16. The van der Waals surface area contributed by atoms with Crippen molar-refractivity contribution >= 4 is 0 Å². The molecule has 90 valence electrons. The Bertz CT molecular complexity index is 305. The van der Waals surface area contributed by atoms with Crippen molar-refractivity contribution in [2.24, 2.45) is 0 Å². The van der Waals surface area contributed by atoms with E-state index in [1.165, 1.54) is 0 Å². The topological polar surface area (TPSA) is 43.4 Å². The quantitative estimate of drug-likeness (QED) is 0.711. The monoisotopic (exact) mass is 224 g/mol. The fourth-order valence-corrected chi connectivity index (χ4v) is 1.33. The molecule has 4 heteroatoms. The van der Waals surface area contributed by atoms with Gasteiger partial charge in [0.1, 0.15) is 11.9 Å². The Morgan fingerprint density at radius 1 is 1.50 bits per heavy atom. The molecule has 0 saturated heterocycles. The zero-order chi connectivity index (χ0) is 11.8. The lowest BCUT2D eigenvalue weighted by atomic mass is 10.3. The molecule has 4 nitrogen and oxygen atoms in total. The predicted molar refractivity (Wildman–Crippen MR) is 63.8 cm³/mol. The summed E-state index contributed by atoms with van der Waals surface area (Å²) >= 11 is 0. The fourth-order valence-electron chi connectivity index (χ4n) is 1.33. The van der Waals surface area contributed by atoms with Crippen LogP contribution >= 0.6 is 0 Å². The van der Waals surface area contributed by atoms with E-state index in [1.807, 2.05) is 26.0 Å². The molecule has 0 fully saturated rings.